The van der Waals surface area contributed by atoms with E-state index >= 15 is 0 Å². The molecule has 0 amide bonds. The minimum atomic E-state index is 0.326. The average Bonchev–Trinajstić information content (AvgIpc) is 2.31. The summed E-state index contributed by atoms with van der Waals surface area (Å²) in [5.41, 5.74) is 6.09. The number of nitrogens with two attached hydrogens (primary N) is 1. The van der Waals surface area contributed by atoms with E-state index in [4.69, 9.17) is 5.73 Å². The number of hydrogen-bond donors (Lipinski definition) is 1. The molecule has 13 heavy (non-hydrogen) atoms. The molecule has 1 saturated heterocycles. The van der Waals surface area contributed by atoms with Crippen LogP contribution in [0.25, 0.3) is 0 Å². The Hall–Kier alpha value is 0.310. The summed E-state index contributed by atoms with van der Waals surface area (Å²) in [4.78, 5) is 0. The van der Waals surface area contributed by atoms with Gasteiger partial charge in [-0.15, -0.1) is 0 Å². The first-order valence-electron chi connectivity index (χ1n) is 5.21. The van der Waals surface area contributed by atoms with Crippen molar-refractivity contribution in [3.8, 4) is 0 Å². The van der Waals surface area contributed by atoms with Crippen molar-refractivity contribution in [1.82, 2.24) is 0 Å². The highest BCUT2D eigenvalue weighted by atomic mass is 32.2. The standard InChI is InChI=1S/C11H23NS/c1-10(2,8-12)7-9-5-6-13-11(9,3)4/h9H,5-8,12H2,1-4H3. The second-order valence-electron chi connectivity index (χ2n) is 5.51. The van der Waals surface area contributed by atoms with Crippen molar-refractivity contribution < 1.29 is 0 Å². The van der Waals surface area contributed by atoms with Crippen LogP contribution in [-0.2, 0) is 0 Å². The first kappa shape index (κ1) is 11.4. The maximum absolute atomic E-state index is 5.77. The Balaban J connectivity index is 2.54. The molecule has 1 heterocycles. The molecule has 0 aromatic heterocycles. The Kier molecular flexibility index (Phi) is 3.34. The van der Waals surface area contributed by atoms with E-state index in [9.17, 15) is 0 Å². The summed E-state index contributed by atoms with van der Waals surface area (Å²) >= 11 is 2.12. The van der Waals surface area contributed by atoms with Crippen LogP contribution in [0.3, 0.4) is 0 Å². The number of thioether (sulfide) groups is 1. The Morgan fingerprint density at radius 2 is 2.08 bits per heavy atom. The van der Waals surface area contributed by atoms with E-state index in [0.29, 0.717) is 10.2 Å². The maximum Gasteiger partial charge on any atom is 0.0132 e. The lowest BCUT2D eigenvalue weighted by Gasteiger charge is -2.33. The highest BCUT2D eigenvalue weighted by Crippen LogP contribution is 2.46. The van der Waals surface area contributed by atoms with Crippen LogP contribution >= 0.6 is 11.8 Å². The molecule has 1 unspecified atom stereocenters. The normalized spacial score (nSPS) is 27.9. The van der Waals surface area contributed by atoms with Crippen LogP contribution in [0.15, 0.2) is 0 Å². The van der Waals surface area contributed by atoms with Crippen LogP contribution in [-0.4, -0.2) is 17.0 Å². The van der Waals surface area contributed by atoms with Crippen LogP contribution in [0.4, 0.5) is 0 Å². The van der Waals surface area contributed by atoms with Gasteiger partial charge in [-0.05, 0) is 36.5 Å². The summed E-state index contributed by atoms with van der Waals surface area (Å²) in [5.74, 6) is 2.19. The SMILES string of the molecule is CC(C)(CN)CC1CCSC1(C)C. The molecule has 1 aliphatic heterocycles. The van der Waals surface area contributed by atoms with Gasteiger partial charge >= 0.3 is 0 Å². The van der Waals surface area contributed by atoms with E-state index in [1.165, 1.54) is 18.6 Å². The molecule has 1 nitrogen and oxygen atoms in total. The van der Waals surface area contributed by atoms with Crippen molar-refractivity contribution in [1.29, 1.82) is 0 Å². The maximum atomic E-state index is 5.77. The predicted molar refractivity (Wildman–Crippen MR) is 62.1 cm³/mol. The fourth-order valence-corrected chi connectivity index (χ4v) is 3.39. The lowest BCUT2D eigenvalue weighted by atomic mass is 9.77. The quantitative estimate of drug-likeness (QED) is 0.760. The van der Waals surface area contributed by atoms with Gasteiger partial charge in [-0.2, -0.15) is 11.8 Å². The fourth-order valence-electron chi connectivity index (χ4n) is 2.03. The van der Waals surface area contributed by atoms with Crippen molar-refractivity contribution in [2.75, 3.05) is 12.3 Å². The van der Waals surface area contributed by atoms with Crippen LogP contribution < -0.4 is 5.73 Å². The van der Waals surface area contributed by atoms with Gasteiger partial charge in [-0.1, -0.05) is 27.7 Å². The predicted octanol–water partition coefficient (Wildman–Crippen LogP) is 2.89. The average molecular weight is 201 g/mol. The lowest BCUT2D eigenvalue weighted by molar-refractivity contribution is 0.249. The first-order valence-corrected chi connectivity index (χ1v) is 6.20. The van der Waals surface area contributed by atoms with Crippen molar-refractivity contribution >= 4 is 11.8 Å². The Bertz CT molecular complexity index is 175. The van der Waals surface area contributed by atoms with Crippen LogP contribution in [0, 0.1) is 11.3 Å². The molecule has 0 bridgehead atoms. The molecular formula is C11H23NS. The van der Waals surface area contributed by atoms with Crippen molar-refractivity contribution in [2.24, 2.45) is 17.1 Å². The largest absolute Gasteiger partial charge is 0.330 e. The third kappa shape index (κ3) is 2.88. The van der Waals surface area contributed by atoms with E-state index in [-0.39, 0.29) is 0 Å². The molecule has 2 heteroatoms. The molecule has 0 spiro atoms. The molecule has 2 N–H and O–H groups in total. The van der Waals surface area contributed by atoms with Crippen LogP contribution in [0.2, 0.25) is 0 Å². The molecule has 0 radical (unpaired) electrons. The molecule has 1 atom stereocenters. The molecule has 1 aliphatic rings. The Labute approximate surface area is 86.8 Å². The van der Waals surface area contributed by atoms with Gasteiger partial charge in [-0.25, -0.2) is 0 Å². The number of hydrogen-bond acceptors (Lipinski definition) is 2. The zero-order valence-electron chi connectivity index (χ0n) is 9.39. The second kappa shape index (κ2) is 3.82. The zero-order valence-corrected chi connectivity index (χ0v) is 10.2. The van der Waals surface area contributed by atoms with Gasteiger partial charge < -0.3 is 5.73 Å². The number of rotatable bonds is 3. The van der Waals surface area contributed by atoms with Gasteiger partial charge in [0.15, 0.2) is 0 Å². The minimum absolute atomic E-state index is 0.326. The summed E-state index contributed by atoms with van der Waals surface area (Å²) in [6.07, 6.45) is 2.66. The monoisotopic (exact) mass is 201 g/mol. The smallest absolute Gasteiger partial charge is 0.0132 e. The van der Waals surface area contributed by atoms with Gasteiger partial charge in [0, 0.05) is 4.75 Å². The third-order valence-electron chi connectivity index (χ3n) is 3.28. The van der Waals surface area contributed by atoms with Crippen molar-refractivity contribution in [2.45, 2.75) is 45.3 Å². The van der Waals surface area contributed by atoms with E-state index in [1.54, 1.807) is 0 Å². The molecule has 0 aromatic rings. The highest BCUT2D eigenvalue weighted by molar-refractivity contribution is 8.00. The Morgan fingerprint density at radius 3 is 2.46 bits per heavy atom. The molecule has 78 valence electrons. The molecular weight excluding hydrogens is 178 g/mol. The zero-order chi connectivity index (χ0) is 10.1. The van der Waals surface area contributed by atoms with E-state index in [2.05, 4.69) is 39.5 Å². The molecule has 1 rings (SSSR count). The Morgan fingerprint density at radius 1 is 1.46 bits per heavy atom. The topological polar surface area (TPSA) is 26.0 Å². The van der Waals surface area contributed by atoms with Crippen molar-refractivity contribution in [3.05, 3.63) is 0 Å². The van der Waals surface area contributed by atoms with Gasteiger partial charge in [0.05, 0.1) is 0 Å². The highest BCUT2D eigenvalue weighted by Gasteiger charge is 2.37. The minimum Gasteiger partial charge on any atom is -0.330 e. The van der Waals surface area contributed by atoms with Gasteiger partial charge in [0.1, 0.15) is 0 Å². The van der Waals surface area contributed by atoms with Gasteiger partial charge in [-0.3, -0.25) is 0 Å². The summed E-state index contributed by atoms with van der Waals surface area (Å²) in [6, 6.07) is 0. The second-order valence-corrected chi connectivity index (χ2v) is 7.26. The van der Waals surface area contributed by atoms with Crippen molar-refractivity contribution in [3.63, 3.8) is 0 Å². The lowest BCUT2D eigenvalue weighted by Crippen LogP contribution is -2.32. The van der Waals surface area contributed by atoms with Gasteiger partial charge in [0.2, 0.25) is 0 Å². The fraction of sp³-hybridized carbons (Fsp3) is 1.00. The molecule has 1 fully saturated rings. The van der Waals surface area contributed by atoms with E-state index in [0.717, 1.165) is 12.5 Å². The van der Waals surface area contributed by atoms with Gasteiger partial charge in [0.25, 0.3) is 0 Å². The molecule has 0 aliphatic carbocycles. The van der Waals surface area contributed by atoms with Crippen LogP contribution in [0.5, 0.6) is 0 Å². The summed E-state index contributed by atoms with van der Waals surface area (Å²) < 4.78 is 0.479. The molecule has 0 aromatic carbocycles. The van der Waals surface area contributed by atoms with E-state index < -0.39 is 0 Å². The first-order chi connectivity index (χ1) is 5.87. The summed E-state index contributed by atoms with van der Waals surface area (Å²) in [6.45, 7) is 10.1. The molecule has 0 saturated carbocycles. The van der Waals surface area contributed by atoms with E-state index in [1.807, 2.05) is 0 Å². The third-order valence-corrected chi connectivity index (χ3v) is 4.79. The summed E-state index contributed by atoms with van der Waals surface area (Å²) in [7, 11) is 0. The van der Waals surface area contributed by atoms with Crippen LogP contribution in [0.1, 0.15) is 40.5 Å². The summed E-state index contributed by atoms with van der Waals surface area (Å²) in [5, 5.41) is 0.